The predicted octanol–water partition coefficient (Wildman–Crippen LogP) is 2.57. The van der Waals surface area contributed by atoms with E-state index in [0.717, 1.165) is 16.8 Å². The highest BCUT2D eigenvalue weighted by Gasteiger charge is 2.06. The number of rotatable bonds is 1. The van der Waals surface area contributed by atoms with Crippen LogP contribution in [0.3, 0.4) is 0 Å². The van der Waals surface area contributed by atoms with Gasteiger partial charge in [-0.25, -0.2) is 4.98 Å². The highest BCUT2D eigenvalue weighted by atomic mass is 15.0. The zero-order valence-electron chi connectivity index (χ0n) is 8.44. The van der Waals surface area contributed by atoms with Crippen molar-refractivity contribution in [1.82, 2.24) is 14.5 Å². The average Bonchev–Trinajstić information content (AvgIpc) is 2.83. The number of hydrogen-bond donors (Lipinski definition) is 1. The maximum atomic E-state index is 4.35. The first-order valence-corrected chi connectivity index (χ1v) is 4.89. The molecule has 0 aliphatic rings. The summed E-state index contributed by atoms with van der Waals surface area (Å²) in [4.78, 5) is 7.60. The summed E-state index contributed by atoms with van der Waals surface area (Å²) in [5, 5.41) is 1.22. The molecule has 0 amide bonds. The van der Waals surface area contributed by atoms with Gasteiger partial charge in [0.1, 0.15) is 0 Å². The van der Waals surface area contributed by atoms with Crippen molar-refractivity contribution in [2.24, 2.45) is 7.05 Å². The van der Waals surface area contributed by atoms with Gasteiger partial charge < -0.3 is 9.55 Å². The van der Waals surface area contributed by atoms with Gasteiger partial charge in [-0.2, -0.15) is 0 Å². The third kappa shape index (κ3) is 1.24. The number of aromatic nitrogens is 3. The van der Waals surface area contributed by atoms with Crippen LogP contribution in [0, 0.1) is 0 Å². The standard InChI is InChI=1S/C12H11N3/c1-15-7-12(14-8-15)10-6-13-11-5-3-2-4-9(10)11/h2-8,13H,1H3. The highest BCUT2D eigenvalue weighted by Crippen LogP contribution is 2.26. The normalized spacial score (nSPS) is 11.0. The second-order valence-electron chi connectivity index (χ2n) is 3.67. The molecule has 1 aromatic carbocycles. The van der Waals surface area contributed by atoms with Gasteiger partial charge in [-0.05, 0) is 6.07 Å². The maximum absolute atomic E-state index is 4.35. The van der Waals surface area contributed by atoms with Crippen molar-refractivity contribution < 1.29 is 0 Å². The van der Waals surface area contributed by atoms with Crippen molar-refractivity contribution in [3.8, 4) is 11.3 Å². The van der Waals surface area contributed by atoms with Crippen molar-refractivity contribution in [2.75, 3.05) is 0 Å². The number of H-pyrrole nitrogens is 1. The third-order valence-corrected chi connectivity index (χ3v) is 2.57. The zero-order chi connectivity index (χ0) is 10.3. The molecule has 15 heavy (non-hydrogen) atoms. The highest BCUT2D eigenvalue weighted by molar-refractivity contribution is 5.94. The second kappa shape index (κ2) is 2.98. The molecule has 0 spiro atoms. The Labute approximate surface area is 87.4 Å². The zero-order valence-corrected chi connectivity index (χ0v) is 8.44. The Hall–Kier alpha value is -2.03. The summed E-state index contributed by atoms with van der Waals surface area (Å²) in [7, 11) is 1.98. The van der Waals surface area contributed by atoms with Crippen LogP contribution in [0.4, 0.5) is 0 Å². The number of imidazole rings is 1. The summed E-state index contributed by atoms with van der Waals surface area (Å²) in [6.45, 7) is 0. The van der Waals surface area contributed by atoms with Gasteiger partial charge in [-0.3, -0.25) is 0 Å². The van der Waals surface area contributed by atoms with Crippen molar-refractivity contribution in [3.63, 3.8) is 0 Å². The molecule has 0 unspecified atom stereocenters. The SMILES string of the molecule is Cn1cnc(-c2c[nH]c3ccccc23)c1. The van der Waals surface area contributed by atoms with E-state index in [-0.39, 0.29) is 0 Å². The third-order valence-electron chi connectivity index (χ3n) is 2.57. The van der Waals surface area contributed by atoms with Crippen LogP contribution < -0.4 is 0 Å². The fourth-order valence-electron chi connectivity index (χ4n) is 1.84. The lowest BCUT2D eigenvalue weighted by Gasteiger charge is -1.92. The smallest absolute Gasteiger partial charge is 0.0951 e. The fraction of sp³-hybridized carbons (Fsp3) is 0.0833. The summed E-state index contributed by atoms with van der Waals surface area (Å²) >= 11 is 0. The van der Waals surface area contributed by atoms with Crippen LogP contribution in [-0.2, 0) is 7.05 Å². The summed E-state index contributed by atoms with van der Waals surface area (Å²) < 4.78 is 1.96. The maximum Gasteiger partial charge on any atom is 0.0951 e. The number of nitrogens with zero attached hydrogens (tertiary/aromatic N) is 2. The monoisotopic (exact) mass is 197 g/mol. The van der Waals surface area contributed by atoms with Crippen LogP contribution in [0.15, 0.2) is 43.0 Å². The average molecular weight is 197 g/mol. The molecule has 3 nitrogen and oxygen atoms in total. The first-order chi connectivity index (χ1) is 7.34. The molecule has 2 aromatic heterocycles. The molecular formula is C12H11N3. The Balaban J connectivity index is 2.27. The lowest BCUT2D eigenvalue weighted by Crippen LogP contribution is -1.77. The first-order valence-electron chi connectivity index (χ1n) is 4.89. The molecule has 0 fully saturated rings. The van der Waals surface area contributed by atoms with E-state index in [4.69, 9.17) is 0 Å². The lowest BCUT2D eigenvalue weighted by atomic mass is 10.1. The second-order valence-corrected chi connectivity index (χ2v) is 3.67. The van der Waals surface area contributed by atoms with Crippen LogP contribution in [0.5, 0.6) is 0 Å². The molecule has 0 aliphatic heterocycles. The summed E-state index contributed by atoms with van der Waals surface area (Å²) in [6.07, 6.45) is 5.85. The number of hydrogen-bond acceptors (Lipinski definition) is 1. The molecule has 1 N–H and O–H groups in total. The minimum Gasteiger partial charge on any atom is -0.360 e. The van der Waals surface area contributed by atoms with E-state index < -0.39 is 0 Å². The summed E-state index contributed by atoms with van der Waals surface area (Å²) in [5.74, 6) is 0. The lowest BCUT2D eigenvalue weighted by molar-refractivity contribution is 0.913. The number of aromatic amines is 1. The van der Waals surface area contributed by atoms with Crippen LogP contribution >= 0.6 is 0 Å². The molecule has 0 saturated carbocycles. The van der Waals surface area contributed by atoms with Crippen molar-refractivity contribution in [2.45, 2.75) is 0 Å². The molecule has 0 bridgehead atoms. The number of nitrogens with one attached hydrogen (secondary N) is 1. The fourth-order valence-corrected chi connectivity index (χ4v) is 1.84. The molecule has 0 saturated heterocycles. The van der Waals surface area contributed by atoms with Gasteiger partial charge in [0.2, 0.25) is 0 Å². The van der Waals surface area contributed by atoms with Gasteiger partial charge >= 0.3 is 0 Å². The van der Waals surface area contributed by atoms with Gasteiger partial charge in [-0.15, -0.1) is 0 Å². The number of aryl methyl sites for hydroxylation is 1. The Kier molecular flexibility index (Phi) is 1.65. The number of para-hydroxylation sites is 1. The molecule has 3 heteroatoms. The molecule has 3 aromatic rings. The van der Waals surface area contributed by atoms with Crippen molar-refractivity contribution in [3.05, 3.63) is 43.0 Å². The molecule has 74 valence electrons. The van der Waals surface area contributed by atoms with Gasteiger partial charge in [0.25, 0.3) is 0 Å². The van der Waals surface area contributed by atoms with E-state index in [1.54, 1.807) is 0 Å². The predicted molar refractivity (Wildman–Crippen MR) is 60.5 cm³/mol. The molecule has 2 heterocycles. The van der Waals surface area contributed by atoms with Gasteiger partial charge in [0.15, 0.2) is 0 Å². The van der Waals surface area contributed by atoms with Crippen LogP contribution in [0.1, 0.15) is 0 Å². The Morgan fingerprint density at radius 2 is 2.13 bits per heavy atom. The van der Waals surface area contributed by atoms with E-state index >= 15 is 0 Å². The van der Waals surface area contributed by atoms with Gasteiger partial charge in [0, 0.05) is 35.9 Å². The molecule has 3 rings (SSSR count). The largest absolute Gasteiger partial charge is 0.360 e. The van der Waals surface area contributed by atoms with Gasteiger partial charge in [-0.1, -0.05) is 18.2 Å². The molecule has 0 aliphatic carbocycles. The van der Waals surface area contributed by atoms with E-state index in [9.17, 15) is 0 Å². The molecule has 0 radical (unpaired) electrons. The summed E-state index contributed by atoms with van der Waals surface area (Å²) in [6, 6.07) is 8.25. The van der Waals surface area contributed by atoms with E-state index in [1.807, 2.05) is 42.5 Å². The Morgan fingerprint density at radius 3 is 2.93 bits per heavy atom. The van der Waals surface area contributed by atoms with E-state index in [0.29, 0.717) is 0 Å². The van der Waals surface area contributed by atoms with Crippen LogP contribution in [0.25, 0.3) is 22.2 Å². The van der Waals surface area contributed by atoms with Crippen molar-refractivity contribution >= 4 is 10.9 Å². The topological polar surface area (TPSA) is 33.6 Å². The quantitative estimate of drug-likeness (QED) is 0.639. The first kappa shape index (κ1) is 8.29. The number of fused-ring (bicyclic) bond motifs is 1. The van der Waals surface area contributed by atoms with E-state index in [1.165, 1.54) is 5.39 Å². The molecular weight excluding hydrogens is 186 g/mol. The van der Waals surface area contributed by atoms with Crippen molar-refractivity contribution in [1.29, 1.82) is 0 Å². The minimum atomic E-state index is 1.01. The Bertz CT molecular complexity index is 604. The number of benzene rings is 1. The Morgan fingerprint density at radius 1 is 1.27 bits per heavy atom. The van der Waals surface area contributed by atoms with Crippen LogP contribution in [-0.4, -0.2) is 14.5 Å². The minimum absolute atomic E-state index is 1.01. The van der Waals surface area contributed by atoms with E-state index in [2.05, 4.69) is 22.1 Å². The van der Waals surface area contributed by atoms with Gasteiger partial charge in [0.05, 0.1) is 12.0 Å². The molecule has 0 atom stereocenters. The van der Waals surface area contributed by atoms with Crippen LogP contribution in [0.2, 0.25) is 0 Å². The summed E-state index contributed by atoms with van der Waals surface area (Å²) in [5.41, 5.74) is 3.32.